The molecule has 0 bridgehead atoms. The third-order valence-corrected chi connectivity index (χ3v) is 5.33. The summed E-state index contributed by atoms with van der Waals surface area (Å²) in [7, 11) is 0. The van der Waals surface area contributed by atoms with Gasteiger partial charge < -0.3 is 20.2 Å². The summed E-state index contributed by atoms with van der Waals surface area (Å²) in [4.78, 5) is 25.3. The van der Waals surface area contributed by atoms with Crippen LogP contribution in [0.15, 0.2) is 12.4 Å². The molecule has 2 unspecified atom stereocenters. The highest BCUT2D eigenvalue weighted by atomic mass is 16.3. The van der Waals surface area contributed by atoms with Crippen molar-refractivity contribution < 1.29 is 9.90 Å². The van der Waals surface area contributed by atoms with Gasteiger partial charge in [0.15, 0.2) is 0 Å². The van der Waals surface area contributed by atoms with Crippen LogP contribution in [0.5, 0.6) is 0 Å². The molecule has 2 N–H and O–H groups in total. The zero-order valence-corrected chi connectivity index (χ0v) is 15.7. The minimum Gasteiger partial charge on any atom is -0.396 e. The average molecular weight is 361 g/mol. The van der Waals surface area contributed by atoms with Crippen LogP contribution in [-0.4, -0.2) is 59.8 Å². The molecule has 7 nitrogen and oxygen atoms in total. The summed E-state index contributed by atoms with van der Waals surface area (Å²) >= 11 is 0. The number of anilines is 2. The van der Waals surface area contributed by atoms with E-state index >= 15 is 0 Å². The molecular formula is C19H31N5O2. The maximum Gasteiger partial charge on any atom is 0.220 e. The van der Waals surface area contributed by atoms with Crippen molar-refractivity contribution in [3.63, 3.8) is 0 Å². The number of hydrogen-bond donors (Lipinski definition) is 2. The van der Waals surface area contributed by atoms with Crippen LogP contribution >= 0.6 is 0 Å². The largest absolute Gasteiger partial charge is 0.396 e. The van der Waals surface area contributed by atoms with Gasteiger partial charge in [-0.15, -0.1) is 0 Å². The predicted molar refractivity (Wildman–Crippen MR) is 102 cm³/mol. The summed E-state index contributed by atoms with van der Waals surface area (Å²) in [6.45, 7) is 5.84. The summed E-state index contributed by atoms with van der Waals surface area (Å²) < 4.78 is 0. The molecule has 2 saturated heterocycles. The SMILES string of the molecule is CCCC(=O)NC1CCCN(c2cc(N3CCCC(CO)C3)ncn2)C1. The van der Waals surface area contributed by atoms with E-state index in [1.165, 1.54) is 0 Å². The summed E-state index contributed by atoms with van der Waals surface area (Å²) in [6, 6.07) is 2.24. The van der Waals surface area contributed by atoms with Crippen LogP contribution in [0.4, 0.5) is 11.6 Å². The summed E-state index contributed by atoms with van der Waals surface area (Å²) in [5, 5.41) is 12.6. The molecule has 0 radical (unpaired) electrons. The lowest BCUT2D eigenvalue weighted by atomic mass is 9.99. The molecule has 1 aromatic heterocycles. The van der Waals surface area contributed by atoms with Crippen molar-refractivity contribution in [2.24, 2.45) is 5.92 Å². The van der Waals surface area contributed by atoms with Crippen LogP contribution in [-0.2, 0) is 4.79 Å². The second kappa shape index (κ2) is 9.16. The number of amides is 1. The molecule has 0 aromatic carbocycles. The van der Waals surface area contributed by atoms with Crippen LogP contribution in [0.2, 0.25) is 0 Å². The number of piperidine rings is 2. The van der Waals surface area contributed by atoms with E-state index in [0.29, 0.717) is 12.3 Å². The third kappa shape index (κ3) is 4.84. The zero-order valence-electron chi connectivity index (χ0n) is 15.7. The standard InChI is InChI=1S/C19H31N5O2/c1-2-5-19(26)22-16-7-4-9-24(12-16)18-10-17(20-14-21-18)23-8-3-6-15(11-23)13-25/h10,14-16,25H,2-9,11-13H2,1H3,(H,22,26). The Balaban J connectivity index is 1.64. The van der Waals surface area contributed by atoms with Crippen molar-refractivity contribution in [2.75, 3.05) is 42.6 Å². The number of nitrogens with one attached hydrogen (secondary N) is 1. The maximum absolute atomic E-state index is 11.9. The smallest absolute Gasteiger partial charge is 0.220 e. The fourth-order valence-electron chi connectivity index (χ4n) is 3.94. The highest BCUT2D eigenvalue weighted by Crippen LogP contribution is 2.25. The lowest BCUT2D eigenvalue weighted by Crippen LogP contribution is -2.48. The summed E-state index contributed by atoms with van der Waals surface area (Å²) in [5.74, 6) is 2.34. The first-order chi connectivity index (χ1) is 12.7. The Morgan fingerprint density at radius 1 is 1.19 bits per heavy atom. The molecule has 144 valence electrons. The number of carbonyl (C=O) groups excluding carboxylic acids is 1. The Morgan fingerprint density at radius 2 is 1.88 bits per heavy atom. The van der Waals surface area contributed by atoms with E-state index in [2.05, 4.69) is 31.2 Å². The number of hydrogen-bond acceptors (Lipinski definition) is 6. The monoisotopic (exact) mass is 361 g/mol. The Morgan fingerprint density at radius 3 is 2.58 bits per heavy atom. The third-order valence-electron chi connectivity index (χ3n) is 5.33. The molecule has 1 amide bonds. The van der Waals surface area contributed by atoms with Crippen molar-refractivity contribution >= 4 is 17.5 Å². The predicted octanol–water partition coefficient (Wildman–Crippen LogP) is 1.57. The van der Waals surface area contributed by atoms with E-state index in [1.54, 1.807) is 6.33 Å². The van der Waals surface area contributed by atoms with E-state index in [4.69, 9.17) is 0 Å². The Bertz CT molecular complexity index is 597. The molecule has 2 aliphatic heterocycles. The Labute approximate surface area is 155 Å². The van der Waals surface area contributed by atoms with Crippen molar-refractivity contribution in [3.8, 4) is 0 Å². The van der Waals surface area contributed by atoms with Crippen LogP contribution in [0.3, 0.4) is 0 Å². The topological polar surface area (TPSA) is 81.6 Å². The molecule has 26 heavy (non-hydrogen) atoms. The number of aliphatic hydroxyl groups is 1. The van der Waals surface area contributed by atoms with Crippen LogP contribution in [0, 0.1) is 5.92 Å². The van der Waals surface area contributed by atoms with E-state index in [0.717, 1.165) is 69.9 Å². The number of aliphatic hydroxyl groups excluding tert-OH is 1. The lowest BCUT2D eigenvalue weighted by molar-refractivity contribution is -0.121. The maximum atomic E-state index is 11.9. The first kappa shape index (κ1) is 18.9. The van der Waals surface area contributed by atoms with E-state index in [1.807, 2.05) is 6.92 Å². The fourth-order valence-corrected chi connectivity index (χ4v) is 3.94. The second-order valence-corrected chi connectivity index (χ2v) is 7.47. The lowest BCUT2D eigenvalue weighted by Gasteiger charge is -2.35. The molecule has 0 saturated carbocycles. The van der Waals surface area contributed by atoms with Crippen LogP contribution in [0.1, 0.15) is 45.4 Å². The van der Waals surface area contributed by atoms with Crippen molar-refractivity contribution in [3.05, 3.63) is 12.4 Å². The molecular weight excluding hydrogens is 330 g/mol. The van der Waals surface area contributed by atoms with Gasteiger partial charge >= 0.3 is 0 Å². The quantitative estimate of drug-likeness (QED) is 0.800. The van der Waals surface area contributed by atoms with Crippen molar-refractivity contribution in [1.29, 1.82) is 0 Å². The molecule has 2 atom stereocenters. The Hall–Kier alpha value is -1.89. The van der Waals surface area contributed by atoms with Gasteiger partial charge in [-0.2, -0.15) is 0 Å². The van der Waals surface area contributed by atoms with Gasteiger partial charge in [0.05, 0.1) is 0 Å². The highest BCUT2D eigenvalue weighted by Gasteiger charge is 2.24. The summed E-state index contributed by atoms with van der Waals surface area (Å²) in [6.07, 6.45) is 7.33. The molecule has 7 heteroatoms. The molecule has 2 aliphatic rings. The zero-order chi connectivity index (χ0) is 18.4. The first-order valence-electron chi connectivity index (χ1n) is 9.91. The van der Waals surface area contributed by atoms with Gasteiger partial charge in [0.2, 0.25) is 5.91 Å². The number of carbonyl (C=O) groups is 1. The average Bonchev–Trinajstić information content (AvgIpc) is 2.68. The Kier molecular flexibility index (Phi) is 6.66. The van der Waals surface area contributed by atoms with Crippen LogP contribution in [0.25, 0.3) is 0 Å². The fraction of sp³-hybridized carbons (Fsp3) is 0.737. The molecule has 0 spiro atoms. The van der Waals surface area contributed by atoms with Gasteiger partial charge in [-0.3, -0.25) is 4.79 Å². The highest BCUT2D eigenvalue weighted by molar-refractivity contribution is 5.76. The van der Waals surface area contributed by atoms with Crippen LogP contribution < -0.4 is 15.1 Å². The van der Waals surface area contributed by atoms with Gasteiger partial charge in [-0.05, 0) is 38.0 Å². The first-order valence-corrected chi connectivity index (χ1v) is 9.91. The number of aromatic nitrogens is 2. The van der Waals surface area contributed by atoms with Gasteiger partial charge in [-0.25, -0.2) is 9.97 Å². The normalized spacial score (nSPS) is 23.8. The number of rotatable bonds is 6. The molecule has 3 heterocycles. The minimum atomic E-state index is 0.145. The van der Waals surface area contributed by atoms with Gasteiger partial charge in [0, 0.05) is 51.3 Å². The van der Waals surface area contributed by atoms with Crippen molar-refractivity contribution in [2.45, 2.75) is 51.5 Å². The summed E-state index contributed by atoms with van der Waals surface area (Å²) in [5.41, 5.74) is 0. The molecule has 2 fully saturated rings. The van der Waals surface area contributed by atoms with Gasteiger partial charge in [0.1, 0.15) is 18.0 Å². The van der Waals surface area contributed by atoms with Crippen molar-refractivity contribution in [1.82, 2.24) is 15.3 Å². The second-order valence-electron chi connectivity index (χ2n) is 7.47. The van der Waals surface area contributed by atoms with E-state index in [-0.39, 0.29) is 18.6 Å². The minimum absolute atomic E-state index is 0.145. The van der Waals surface area contributed by atoms with E-state index < -0.39 is 0 Å². The van der Waals surface area contributed by atoms with Gasteiger partial charge in [-0.1, -0.05) is 6.92 Å². The molecule has 1 aromatic rings. The molecule has 3 rings (SSSR count). The van der Waals surface area contributed by atoms with Gasteiger partial charge in [0.25, 0.3) is 0 Å². The number of nitrogens with zero attached hydrogens (tertiary/aromatic N) is 4. The van der Waals surface area contributed by atoms with E-state index in [9.17, 15) is 9.90 Å². The molecule has 0 aliphatic carbocycles.